The van der Waals surface area contributed by atoms with Crippen LogP contribution >= 0.6 is 11.8 Å². The lowest BCUT2D eigenvalue weighted by Gasteiger charge is -2.12. The minimum absolute atomic E-state index is 0.121. The van der Waals surface area contributed by atoms with E-state index in [4.69, 9.17) is 9.47 Å². The number of aromatic hydroxyl groups is 1. The van der Waals surface area contributed by atoms with Gasteiger partial charge in [0.05, 0.1) is 25.7 Å². The van der Waals surface area contributed by atoms with Crippen LogP contribution in [0.1, 0.15) is 11.1 Å². The van der Waals surface area contributed by atoms with Crippen molar-refractivity contribution >= 4 is 29.0 Å². The van der Waals surface area contributed by atoms with E-state index in [2.05, 4.69) is 0 Å². The Morgan fingerprint density at radius 2 is 1.69 bits per heavy atom. The van der Waals surface area contributed by atoms with Crippen LogP contribution in [0.2, 0.25) is 0 Å². The second kappa shape index (κ2) is 7.53. The number of imide groups is 1. The molecule has 6 nitrogen and oxygen atoms in total. The highest BCUT2D eigenvalue weighted by molar-refractivity contribution is 8.18. The summed E-state index contributed by atoms with van der Waals surface area (Å²) in [5.74, 6) is -0.0302. The molecule has 0 saturated carbocycles. The Morgan fingerprint density at radius 1 is 1.08 bits per heavy atom. The second-order valence-electron chi connectivity index (χ2n) is 5.53. The van der Waals surface area contributed by atoms with Gasteiger partial charge in [-0.05, 0) is 41.1 Å². The van der Waals surface area contributed by atoms with Crippen molar-refractivity contribution in [3.63, 3.8) is 0 Å². The molecular weight excluding hydrogens is 354 g/mol. The van der Waals surface area contributed by atoms with Gasteiger partial charge >= 0.3 is 0 Å². The van der Waals surface area contributed by atoms with Crippen LogP contribution in [-0.4, -0.2) is 35.4 Å². The van der Waals surface area contributed by atoms with Crippen LogP contribution in [0.25, 0.3) is 6.08 Å². The lowest BCUT2D eigenvalue weighted by molar-refractivity contribution is -0.123. The molecule has 0 aromatic heterocycles. The third-order valence-corrected chi connectivity index (χ3v) is 4.76. The van der Waals surface area contributed by atoms with Crippen LogP contribution in [0.3, 0.4) is 0 Å². The summed E-state index contributed by atoms with van der Waals surface area (Å²) < 4.78 is 10.2. The van der Waals surface area contributed by atoms with E-state index in [0.29, 0.717) is 10.5 Å². The topological polar surface area (TPSA) is 76.1 Å². The number of benzene rings is 2. The fourth-order valence-electron chi connectivity index (χ4n) is 2.55. The number of phenolic OH excluding ortho intramolecular Hbond substituents is 1. The zero-order valence-electron chi connectivity index (χ0n) is 14.3. The first kappa shape index (κ1) is 17.9. The smallest absolute Gasteiger partial charge is 0.293 e. The molecule has 0 unspecified atom stereocenters. The number of thioether (sulfide) groups is 1. The van der Waals surface area contributed by atoms with Gasteiger partial charge in [-0.25, -0.2) is 0 Å². The van der Waals surface area contributed by atoms with Crippen LogP contribution in [0.15, 0.2) is 47.4 Å². The third-order valence-electron chi connectivity index (χ3n) is 3.86. The van der Waals surface area contributed by atoms with Crippen molar-refractivity contribution in [3.05, 3.63) is 58.5 Å². The maximum atomic E-state index is 12.6. The summed E-state index contributed by atoms with van der Waals surface area (Å²) in [6.45, 7) is 0.227. The Labute approximate surface area is 155 Å². The van der Waals surface area contributed by atoms with Crippen molar-refractivity contribution in [2.45, 2.75) is 6.54 Å². The van der Waals surface area contributed by atoms with Crippen LogP contribution in [-0.2, 0) is 11.3 Å². The van der Waals surface area contributed by atoms with Crippen molar-refractivity contribution in [1.82, 2.24) is 4.90 Å². The van der Waals surface area contributed by atoms with Crippen LogP contribution in [0, 0.1) is 0 Å². The van der Waals surface area contributed by atoms with Crippen molar-refractivity contribution < 1.29 is 24.2 Å². The van der Waals surface area contributed by atoms with Gasteiger partial charge < -0.3 is 14.6 Å². The second-order valence-corrected chi connectivity index (χ2v) is 6.52. The molecule has 3 rings (SSSR count). The molecule has 2 amide bonds. The normalized spacial score (nSPS) is 15.6. The van der Waals surface area contributed by atoms with E-state index in [1.807, 2.05) is 30.3 Å². The molecule has 1 saturated heterocycles. The zero-order valence-corrected chi connectivity index (χ0v) is 15.1. The molecule has 0 aliphatic carbocycles. The van der Waals surface area contributed by atoms with Gasteiger partial charge in [0.25, 0.3) is 11.1 Å². The highest BCUT2D eigenvalue weighted by Gasteiger charge is 2.35. The SMILES string of the molecule is COc1cc(/C=C2/SC(=O)N(Cc3ccccc3)C2=O)cc(OC)c1O. The van der Waals surface area contributed by atoms with Gasteiger partial charge in [0, 0.05) is 0 Å². The first-order valence-corrected chi connectivity index (χ1v) is 8.59. The first-order chi connectivity index (χ1) is 12.5. The molecule has 2 aromatic carbocycles. The number of hydrogen-bond acceptors (Lipinski definition) is 6. The van der Waals surface area contributed by atoms with Crippen molar-refractivity contribution in [2.75, 3.05) is 14.2 Å². The van der Waals surface area contributed by atoms with Gasteiger partial charge in [0.1, 0.15) is 0 Å². The Morgan fingerprint density at radius 3 is 2.27 bits per heavy atom. The molecule has 0 radical (unpaired) electrons. The number of nitrogens with zero attached hydrogens (tertiary/aromatic N) is 1. The fourth-order valence-corrected chi connectivity index (χ4v) is 3.39. The maximum Gasteiger partial charge on any atom is 0.293 e. The zero-order chi connectivity index (χ0) is 18.7. The van der Waals surface area contributed by atoms with Crippen LogP contribution in [0.5, 0.6) is 17.2 Å². The number of phenols is 1. The highest BCUT2D eigenvalue weighted by Crippen LogP contribution is 2.39. The van der Waals surface area contributed by atoms with Gasteiger partial charge in [-0.3, -0.25) is 14.5 Å². The lowest BCUT2D eigenvalue weighted by atomic mass is 10.1. The van der Waals surface area contributed by atoms with E-state index in [1.54, 1.807) is 18.2 Å². The van der Waals surface area contributed by atoms with Crippen LogP contribution < -0.4 is 9.47 Å². The van der Waals surface area contributed by atoms with Crippen LogP contribution in [0.4, 0.5) is 4.79 Å². The molecule has 0 atom stereocenters. The van der Waals surface area contributed by atoms with Gasteiger partial charge in [0.2, 0.25) is 5.75 Å². The molecule has 0 spiro atoms. The first-order valence-electron chi connectivity index (χ1n) is 7.77. The molecule has 1 aliphatic rings. The van der Waals surface area contributed by atoms with Crippen molar-refractivity contribution in [1.29, 1.82) is 0 Å². The monoisotopic (exact) mass is 371 g/mol. The quantitative estimate of drug-likeness (QED) is 0.809. The summed E-state index contributed by atoms with van der Waals surface area (Å²) in [5, 5.41) is 9.65. The van der Waals surface area contributed by atoms with E-state index in [0.717, 1.165) is 17.3 Å². The number of hydrogen-bond donors (Lipinski definition) is 1. The minimum Gasteiger partial charge on any atom is -0.502 e. The summed E-state index contributed by atoms with van der Waals surface area (Å²) in [7, 11) is 2.85. The molecule has 0 bridgehead atoms. The molecule has 1 aliphatic heterocycles. The number of methoxy groups -OCH3 is 2. The molecule has 134 valence electrons. The van der Waals surface area contributed by atoms with Crippen molar-refractivity contribution in [2.24, 2.45) is 0 Å². The van der Waals surface area contributed by atoms with E-state index < -0.39 is 0 Å². The summed E-state index contributed by atoms with van der Waals surface area (Å²) >= 11 is 0.881. The molecule has 1 N–H and O–H groups in total. The van der Waals surface area contributed by atoms with Gasteiger partial charge in [-0.1, -0.05) is 30.3 Å². The summed E-state index contributed by atoms with van der Waals surface area (Å²) in [6, 6.07) is 12.5. The Kier molecular flexibility index (Phi) is 5.18. The number of amides is 2. The minimum atomic E-state index is -0.352. The predicted octanol–water partition coefficient (Wildman–Crippen LogP) is 3.65. The molecule has 1 fully saturated rings. The van der Waals surface area contributed by atoms with E-state index in [9.17, 15) is 14.7 Å². The van der Waals surface area contributed by atoms with E-state index in [-0.39, 0.29) is 34.9 Å². The highest BCUT2D eigenvalue weighted by atomic mass is 32.2. The molecule has 2 aromatic rings. The standard InChI is InChI=1S/C19H17NO5S/c1-24-14-8-13(9-15(25-2)17(14)21)10-16-18(22)20(19(23)26-16)11-12-6-4-3-5-7-12/h3-10,21H,11H2,1-2H3/b16-10+. The fraction of sp³-hybridized carbons (Fsp3) is 0.158. The van der Waals surface area contributed by atoms with Gasteiger partial charge in [-0.15, -0.1) is 0 Å². The number of carbonyl (C=O) groups excluding carboxylic acids is 2. The average Bonchev–Trinajstić information content (AvgIpc) is 2.91. The van der Waals surface area contributed by atoms with Crippen molar-refractivity contribution in [3.8, 4) is 17.2 Å². The summed E-state index contributed by atoms with van der Waals surface area (Å²) in [4.78, 5) is 26.3. The van der Waals surface area contributed by atoms with E-state index >= 15 is 0 Å². The largest absolute Gasteiger partial charge is 0.502 e. The summed E-state index contributed by atoms with van der Waals surface area (Å²) in [5.41, 5.74) is 1.46. The number of rotatable bonds is 5. The van der Waals surface area contributed by atoms with Gasteiger partial charge in [-0.2, -0.15) is 0 Å². The molecule has 1 heterocycles. The number of ether oxygens (including phenoxy) is 2. The van der Waals surface area contributed by atoms with Gasteiger partial charge in [0.15, 0.2) is 11.5 Å². The number of carbonyl (C=O) groups is 2. The maximum absolute atomic E-state index is 12.6. The lowest BCUT2D eigenvalue weighted by Crippen LogP contribution is -2.27. The molecular formula is C19H17NO5S. The Balaban J connectivity index is 1.88. The van der Waals surface area contributed by atoms with E-state index in [1.165, 1.54) is 19.1 Å². The molecule has 26 heavy (non-hydrogen) atoms. The predicted molar refractivity (Wildman–Crippen MR) is 99.2 cm³/mol. The third kappa shape index (κ3) is 3.52. The Hall–Kier alpha value is -2.93. The summed E-state index contributed by atoms with van der Waals surface area (Å²) in [6.07, 6.45) is 1.58. The average molecular weight is 371 g/mol. The molecule has 7 heteroatoms. The Bertz CT molecular complexity index is 854.